The van der Waals surface area contributed by atoms with E-state index in [-0.39, 0.29) is 11.8 Å². The summed E-state index contributed by atoms with van der Waals surface area (Å²) >= 11 is 0. The van der Waals surface area contributed by atoms with E-state index in [2.05, 4.69) is 0 Å². The molecule has 0 radical (unpaired) electrons. The summed E-state index contributed by atoms with van der Waals surface area (Å²) in [5, 5.41) is 23.9. The second-order valence-electron chi connectivity index (χ2n) is 4.46. The van der Waals surface area contributed by atoms with Gasteiger partial charge in [0.1, 0.15) is 0 Å². The molecule has 0 fully saturated rings. The molecule has 0 unspecified atom stereocenters. The Hall–Kier alpha value is -1.85. The number of hydrogen-bond donors (Lipinski definition) is 3. The third-order valence-electron chi connectivity index (χ3n) is 1.46. The van der Waals surface area contributed by atoms with Crippen LogP contribution in [0, 0.1) is 5.41 Å². The van der Waals surface area contributed by atoms with Crippen molar-refractivity contribution in [2.24, 2.45) is 5.41 Å². The molecule has 0 heterocycles. The Labute approximate surface area is 99.6 Å². The van der Waals surface area contributed by atoms with Gasteiger partial charge in [-0.15, -0.1) is 0 Å². The van der Waals surface area contributed by atoms with E-state index >= 15 is 0 Å². The zero-order chi connectivity index (χ0) is 14.1. The highest BCUT2D eigenvalue weighted by atomic mass is 16.4. The summed E-state index contributed by atoms with van der Waals surface area (Å²) < 4.78 is 0. The average Bonchev–Trinajstić information content (AvgIpc) is 2.11. The molecule has 0 aliphatic carbocycles. The first-order valence-electron chi connectivity index (χ1n) is 4.90. The zero-order valence-electron chi connectivity index (χ0n) is 10.1. The summed E-state index contributed by atoms with van der Waals surface area (Å²) in [6.45, 7) is 6.11. The molecule has 98 valence electrons. The molecule has 0 aliphatic heterocycles. The molecule has 0 aromatic carbocycles. The quantitative estimate of drug-likeness (QED) is 0.649. The third-order valence-corrected chi connectivity index (χ3v) is 1.46. The summed E-state index contributed by atoms with van der Waals surface area (Å²) in [6.07, 6.45) is 2.15. The molecule has 0 saturated heterocycles. The Morgan fingerprint density at radius 3 is 1.41 bits per heavy atom. The smallest absolute Gasteiger partial charge is 0.328 e. The van der Waals surface area contributed by atoms with E-state index in [9.17, 15) is 14.4 Å². The maximum Gasteiger partial charge on any atom is 0.328 e. The van der Waals surface area contributed by atoms with Crippen LogP contribution in [0.5, 0.6) is 0 Å². The number of rotatable bonds is 4. The molecule has 0 aromatic heterocycles. The lowest BCUT2D eigenvalue weighted by Crippen LogP contribution is -2.07. The molecule has 0 spiro atoms. The lowest BCUT2D eigenvalue weighted by atomic mass is 9.91. The van der Waals surface area contributed by atoms with E-state index in [1.165, 1.54) is 0 Å². The van der Waals surface area contributed by atoms with Gasteiger partial charge in [-0.05, 0) is 11.8 Å². The molecule has 0 aromatic rings. The van der Waals surface area contributed by atoms with Crippen molar-refractivity contribution in [2.75, 3.05) is 0 Å². The number of carboxylic acid groups (broad SMARTS) is 3. The lowest BCUT2D eigenvalue weighted by molar-refractivity contribution is -0.137. The van der Waals surface area contributed by atoms with Crippen LogP contribution in [0.3, 0.4) is 0 Å². The van der Waals surface area contributed by atoms with Crippen LogP contribution in [0.15, 0.2) is 12.2 Å². The van der Waals surface area contributed by atoms with Gasteiger partial charge in [-0.25, -0.2) is 9.59 Å². The van der Waals surface area contributed by atoms with Crippen LogP contribution in [0.2, 0.25) is 0 Å². The zero-order valence-corrected chi connectivity index (χ0v) is 10.1. The van der Waals surface area contributed by atoms with E-state index < -0.39 is 17.9 Å². The fraction of sp³-hybridized carbons (Fsp3) is 0.545. The van der Waals surface area contributed by atoms with Gasteiger partial charge in [-0.3, -0.25) is 4.79 Å². The van der Waals surface area contributed by atoms with Crippen LogP contribution in [0.25, 0.3) is 0 Å². The van der Waals surface area contributed by atoms with Crippen molar-refractivity contribution >= 4 is 17.9 Å². The SMILES string of the molecule is CC(C)(C)CCC(=O)O.O=C(O)/C=C\C(=O)O. The highest BCUT2D eigenvalue weighted by Gasteiger charge is 2.11. The van der Waals surface area contributed by atoms with Crippen molar-refractivity contribution in [1.29, 1.82) is 0 Å². The molecular formula is C11H18O6. The van der Waals surface area contributed by atoms with Gasteiger partial charge in [0.25, 0.3) is 0 Å². The summed E-state index contributed by atoms with van der Waals surface area (Å²) in [5.74, 6) is -3.22. The van der Waals surface area contributed by atoms with Crippen LogP contribution in [-0.4, -0.2) is 33.2 Å². The molecule has 0 aliphatic rings. The number of carboxylic acids is 3. The molecule has 6 nitrogen and oxygen atoms in total. The van der Waals surface area contributed by atoms with Crippen molar-refractivity contribution in [1.82, 2.24) is 0 Å². The van der Waals surface area contributed by atoms with Crippen LogP contribution in [-0.2, 0) is 14.4 Å². The minimum atomic E-state index is -1.26. The second-order valence-corrected chi connectivity index (χ2v) is 4.46. The maximum absolute atomic E-state index is 10.0. The van der Waals surface area contributed by atoms with Crippen molar-refractivity contribution < 1.29 is 29.7 Å². The first kappa shape index (κ1) is 17.5. The van der Waals surface area contributed by atoms with Gasteiger partial charge in [-0.2, -0.15) is 0 Å². The van der Waals surface area contributed by atoms with E-state index in [0.29, 0.717) is 12.2 Å². The van der Waals surface area contributed by atoms with E-state index in [1.54, 1.807) is 0 Å². The highest BCUT2D eigenvalue weighted by molar-refractivity contribution is 5.89. The van der Waals surface area contributed by atoms with E-state index in [0.717, 1.165) is 6.42 Å². The molecule has 0 saturated carbocycles. The number of aliphatic carboxylic acids is 3. The Morgan fingerprint density at radius 2 is 1.29 bits per heavy atom. The fourth-order valence-corrected chi connectivity index (χ4v) is 0.625. The second kappa shape index (κ2) is 8.32. The van der Waals surface area contributed by atoms with Crippen LogP contribution in [0.1, 0.15) is 33.6 Å². The molecule has 17 heavy (non-hydrogen) atoms. The van der Waals surface area contributed by atoms with Crippen LogP contribution < -0.4 is 0 Å². The standard InChI is InChI=1S/C7H14O2.C4H4O4/c1-7(2,3)5-4-6(8)9;5-3(6)1-2-4(7)8/h4-5H2,1-3H3,(H,8,9);1-2H,(H,5,6)(H,7,8)/b;2-1-. The van der Waals surface area contributed by atoms with Crippen molar-refractivity contribution in [3.63, 3.8) is 0 Å². The third kappa shape index (κ3) is 24.9. The molecular weight excluding hydrogens is 228 g/mol. The Kier molecular flexibility index (Phi) is 8.58. The normalized spacial score (nSPS) is 10.5. The van der Waals surface area contributed by atoms with Gasteiger partial charge in [0.2, 0.25) is 0 Å². The summed E-state index contributed by atoms with van der Waals surface area (Å²) in [6, 6.07) is 0. The summed E-state index contributed by atoms with van der Waals surface area (Å²) in [5.41, 5.74) is 0.151. The molecule has 0 rings (SSSR count). The predicted octanol–water partition coefficient (Wildman–Crippen LogP) is 1.61. The first-order valence-corrected chi connectivity index (χ1v) is 4.90. The molecule has 0 bridgehead atoms. The first-order chi connectivity index (χ1) is 7.54. The summed E-state index contributed by atoms with van der Waals surface area (Å²) in [7, 11) is 0. The lowest BCUT2D eigenvalue weighted by Gasteiger charge is -2.15. The van der Waals surface area contributed by atoms with Gasteiger partial charge in [0.15, 0.2) is 0 Å². The minimum absolute atomic E-state index is 0.151. The van der Waals surface area contributed by atoms with Crippen molar-refractivity contribution in [3.05, 3.63) is 12.2 Å². The van der Waals surface area contributed by atoms with Gasteiger partial charge in [0, 0.05) is 18.6 Å². The molecule has 6 heteroatoms. The Bertz CT molecular complexity index is 282. The topological polar surface area (TPSA) is 112 Å². The van der Waals surface area contributed by atoms with Gasteiger partial charge >= 0.3 is 17.9 Å². The van der Waals surface area contributed by atoms with E-state index in [4.69, 9.17) is 15.3 Å². The maximum atomic E-state index is 10.0. The van der Waals surface area contributed by atoms with Gasteiger partial charge < -0.3 is 15.3 Å². The number of carbonyl (C=O) groups is 3. The highest BCUT2D eigenvalue weighted by Crippen LogP contribution is 2.19. The summed E-state index contributed by atoms with van der Waals surface area (Å²) in [4.78, 5) is 29.2. The minimum Gasteiger partial charge on any atom is -0.481 e. The van der Waals surface area contributed by atoms with Gasteiger partial charge in [-0.1, -0.05) is 20.8 Å². The molecule has 0 amide bonds. The number of hydrogen-bond acceptors (Lipinski definition) is 3. The van der Waals surface area contributed by atoms with Crippen LogP contribution >= 0.6 is 0 Å². The van der Waals surface area contributed by atoms with E-state index in [1.807, 2.05) is 20.8 Å². The van der Waals surface area contributed by atoms with Crippen molar-refractivity contribution in [2.45, 2.75) is 33.6 Å². The van der Waals surface area contributed by atoms with Crippen LogP contribution in [0.4, 0.5) is 0 Å². The molecule has 0 atom stereocenters. The average molecular weight is 246 g/mol. The Balaban J connectivity index is 0. The predicted molar refractivity (Wildman–Crippen MR) is 60.7 cm³/mol. The monoisotopic (exact) mass is 246 g/mol. The van der Waals surface area contributed by atoms with Crippen molar-refractivity contribution in [3.8, 4) is 0 Å². The molecule has 3 N–H and O–H groups in total. The fourth-order valence-electron chi connectivity index (χ4n) is 0.625. The Morgan fingerprint density at radius 1 is 0.941 bits per heavy atom. The largest absolute Gasteiger partial charge is 0.481 e. The van der Waals surface area contributed by atoms with Gasteiger partial charge in [0.05, 0.1) is 0 Å².